The average Bonchev–Trinajstić information content (AvgIpc) is 2.71. The Balaban J connectivity index is 1.54. The van der Waals surface area contributed by atoms with Crippen LogP contribution in [0.15, 0.2) is 22.7 Å². The molecule has 32 heavy (non-hydrogen) atoms. The van der Waals surface area contributed by atoms with E-state index in [0.717, 1.165) is 48.1 Å². The van der Waals surface area contributed by atoms with Gasteiger partial charge in [0.15, 0.2) is 0 Å². The largest absolute Gasteiger partial charge is 0.460 e. The van der Waals surface area contributed by atoms with Crippen LogP contribution >= 0.6 is 15.9 Å². The van der Waals surface area contributed by atoms with Crippen molar-refractivity contribution in [1.82, 2.24) is 10.6 Å². The number of hydrogen-bond acceptors (Lipinski definition) is 6. The highest BCUT2D eigenvalue weighted by molar-refractivity contribution is 9.10. The molecule has 1 atom stereocenters. The number of carbonyl (C=O) groups excluding carboxylic acids is 3. The molecule has 1 aromatic rings. The number of rotatable bonds is 7. The van der Waals surface area contributed by atoms with Crippen LogP contribution in [0.25, 0.3) is 0 Å². The lowest BCUT2D eigenvalue weighted by Gasteiger charge is -2.35. The molecule has 2 fully saturated rings. The second kappa shape index (κ2) is 10.8. The van der Waals surface area contributed by atoms with E-state index >= 15 is 0 Å². The van der Waals surface area contributed by atoms with Crippen molar-refractivity contribution < 1.29 is 19.1 Å². The predicted molar refractivity (Wildman–Crippen MR) is 127 cm³/mol. The third-order valence-corrected chi connectivity index (χ3v) is 6.73. The first-order valence-corrected chi connectivity index (χ1v) is 12.2. The van der Waals surface area contributed by atoms with Crippen molar-refractivity contribution in [2.75, 3.05) is 18.0 Å². The predicted octanol–water partition coefficient (Wildman–Crippen LogP) is 3.68. The molecular weight excluding hydrogens is 474 g/mol. The first-order chi connectivity index (χ1) is 15.1. The highest BCUT2D eigenvalue weighted by Crippen LogP contribution is 2.32. The molecule has 2 heterocycles. The summed E-state index contributed by atoms with van der Waals surface area (Å²) >= 11 is 3.67. The molecule has 0 aromatic heterocycles. The fourth-order valence-corrected chi connectivity index (χ4v) is 4.81. The zero-order valence-corrected chi connectivity index (χ0v) is 20.8. The number of piperidine rings is 2. The van der Waals surface area contributed by atoms with Crippen LogP contribution in [0.1, 0.15) is 64.9 Å². The summed E-state index contributed by atoms with van der Waals surface area (Å²) < 4.78 is 6.43. The van der Waals surface area contributed by atoms with Gasteiger partial charge < -0.3 is 15.0 Å². The van der Waals surface area contributed by atoms with E-state index in [2.05, 4.69) is 37.5 Å². The summed E-state index contributed by atoms with van der Waals surface area (Å²) in [6.07, 6.45) is 4.30. The molecule has 0 radical (unpaired) electrons. The van der Waals surface area contributed by atoms with Crippen LogP contribution in [0.2, 0.25) is 0 Å². The minimum atomic E-state index is -0.431. The summed E-state index contributed by atoms with van der Waals surface area (Å²) in [6.45, 7) is 8.10. The number of ether oxygens (including phenoxy) is 1. The van der Waals surface area contributed by atoms with Gasteiger partial charge in [0, 0.05) is 48.2 Å². The van der Waals surface area contributed by atoms with Gasteiger partial charge in [-0.3, -0.25) is 19.7 Å². The van der Waals surface area contributed by atoms with Crippen LogP contribution in [0.5, 0.6) is 0 Å². The fraction of sp³-hybridized carbons (Fsp3) is 0.625. The van der Waals surface area contributed by atoms with E-state index in [-0.39, 0.29) is 23.8 Å². The first-order valence-electron chi connectivity index (χ1n) is 11.4. The van der Waals surface area contributed by atoms with Gasteiger partial charge >= 0.3 is 5.97 Å². The molecular formula is C24H34BrN3O4. The first kappa shape index (κ1) is 24.7. The third-order valence-electron chi connectivity index (χ3n) is 5.99. The van der Waals surface area contributed by atoms with Gasteiger partial charge in [-0.2, -0.15) is 0 Å². The Morgan fingerprint density at radius 1 is 1.22 bits per heavy atom. The Morgan fingerprint density at radius 3 is 2.59 bits per heavy atom. The maximum absolute atomic E-state index is 12.1. The number of nitrogens with one attached hydrogen (secondary N) is 2. The number of imide groups is 1. The van der Waals surface area contributed by atoms with Crippen molar-refractivity contribution in [2.45, 2.75) is 77.5 Å². The van der Waals surface area contributed by atoms with Crippen molar-refractivity contribution in [2.24, 2.45) is 5.92 Å². The molecule has 7 nitrogen and oxygen atoms in total. The molecule has 2 aliphatic rings. The summed E-state index contributed by atoms with van der Waals surface area (Å²) in [5.74, 6) is -0.0467. The van der Waals surface area contributed by atoms with Crippen molar-refractivity contribution in [3.63, 3.8) is 0 Å². The molecule has 0 aliphatic carbocycles. The smallest absolute Gasteiger partial charge is 0.306 e. The number of anilines is 1. The van der Waals surface area contributed by atoms with Gasteiger partial charge in [0.2, 0.25) is 11.8 Å². The quantitative estimate of drug-likeness (QED) is 0.432. The normalized spacial score (nSPS) is 20.2. The zero-order valence-electron chi connectivity index (χ0n) is 19.2. The number of amides is 2. The minimum absolute atomic E-state index is 0.117. The fourth-order valence-electron chi connectivity index (χ4n) is 4.31. The Bertz CT molecular complexity index is 844. The summed E-state index contributed by atoms with van der Waals surface area (Å²) in [5, 5.41) is 5.72. The summed E-state index contributed by atoms with van der Waals surface area (Å²) in [5.41, 5.74) is 1.84. The molecule has 2 aliphatic heterocycles. The SMILES string of the molecule is CC(C)(C)OC(=O)CCC1CCN(c2cccc(Br)c2CNC2CCC(=O)NC2=O)CC1. The van der Waals surface area contributed by atoms with Crippen LogP contribution in [-0.2, 0) is 25.7 Å². The molecule has 8 heteroatoms. The standard InChI is InChI=1S/C24H34BrN3O4/c1-24(2,3)32-22(30)10-7-16-11-13-28(14-12-16)20-6-4-5-18(25)17(20)15-26-19-8-9-21(29)27-23(19)31/h4-6,16,19,26H,7-15H2,1-3H3,(H,27,29,31). The Hall–Kier alpha value is -1.93. The van der Waals surface area contributed by atoms with E-state index in [1.165, 1.54) is 0 Å². The number of halogens is 1. The number of nitrogens with zero attached hydrogens (tertiary/aromatic N) is 1. The van der Waals surface area contributed by atoms with Gasteiger partial charge in [0.25, 0.3) is 0 Å². The molecule has 2 N–H and O–H groups in total. The molecule has 0 bridgehead atoms. The van der Waals surface area contributed by atoms with Crippen molar-refractivity contribution in [1.29, 1.82) is 0 Å². The van der Waals surface area contributed by atoms with E-state index < -0.39 is 5.60 Å². The summed E-state index contributed by atoms with van der Waals surface area (Å²) in [7, 11) is 0. The lowest BCUT2D eigenvalue weighted by molar-refractivity contribution is -0.155. The van der Waals surface area contributed by atoms with E-state index in [1.54, 1.807) is 0 Å². The lowest BCUT2D eigenvalue weighted by atomic mass is 9.91. The molecule has 2 saturated heterocycles. The Morgan fingerprint density at radius 2 is 1.94 bits per heavy atom. The maximum atomic E-state index is 12.1. The second-order valence-corrected chi connectivity index (χ2v) is 10.5. The lowest BCUT2D eigenvalue weighted by Crippen LogP contribution is -2.50. The molecule has 176 valence electrons. The molecule has 0 saturated carbocycles. The maximum Gasteiger partial charge on any atom is 0.306 e. The van der Waals surface area contributed by atoms with E-state index in [4.69, 9.17) is 4.74 Å². The topological polar surface area (TPSA) is 87.7 Å². The highest BCUT2D eigenvalue weighted by Gasteiger charge is 2.27. The summed E-state index contributed by atoms with van der Waals surface area (Å²) in [4.78, 5) is 37.9. The minimum Gasteiger partial charge on any atom is -0.460 e. The van der Waals surface area contributed by atoms with Gasteiger partial charge in [-0.25, -0.2) is 0 Å². The van der Waals surface area contributed by atoms with Crippen molar-refractivity contribution in [3.8, 4) is 0 Å². The van der Waals surface area contributed by atoms with E-state index in [9.17, 15) is 14.4 Å². The van der Waals surface area contributed by atoms with Crippen LogP contribution in [-0.4, -0.2) is 42.5 Å². The number of hydrogen-bond donors (Lipinski definition) is 2. The van der Waals surface area contributed by atoms with E-state index in [1.807, 2.05) is 32.9 Å². The zero-order chi connectivity index (χ0) is 23.3. The summed E-state index contributed by atoms with van der Waals surface area (Å²) in [6, 6.07) is 5.81. The van der Waals surface area contributed by atoms with Gasteiger partial charge in [0.1, 0.15) is 5.60 Å². The van der Waals surface area contributed by atoms with Crippen LogP contribution in [0.4, 0.5) is 5.69 Å². The van der Waals surface area contributed by atoms with Crippen LogP contribution < -0.4 is 15.5 Å². The van der Waals surface area contributed by atoms with Gasteiger partial charge in [-0.05, 0) is 64.5 Å². The molecule has 2 amide bonds. The molecule has 0 spiro atoms. The number of carbonyl (C=O) groups is 3. The molecule has 1 aromatic carbocycles. The van der Waals surface area contributed by atoms with Crippen molar-refractivity contribution in [3.05, 3.63) is 28.2 Å². The Labute approximate surface area is 198 Å². The third kappa shape index (κ3) is 7.04. The number of esters is 1. The van der Waals surface area contributed by atoms with Gasteiger partial charge in [-0.1, -0.05) is 22.0 Å². The van der Waals surface area contributed by atoms with E-state index in [0.29, 0.717) is 31.7 Å². The van der Waals surface area contributed by atoms with Crippen LogP contribution in [0, 0.1) is 5.92 Å². The van der Waals surface area contributed by atoms with Crippen LogP contribution in [0.3, 0.4) is 0 Å². The Kier molecular flexibility index (Phi) is 8.33. The van der Waals surface area contributed by atoms with Gasteiger partial charge in [0.05, 0.1) is 6.04 Å². The second-order valence-electron chi connectivity index (χ2n) is 9.68. The van der Waals surface area contributed by atoms with Gasteiger partial charge in [-0.15, -0.1) is 0 Å². The average molecular weight is 508 g/mol. The molecule has 3 rings (SSSR count). The monoisotopic (exact) mass is 507 g/mol. The van der Waals surface area contributed by atoms with Crippen molar-refractivity contribution >= 4 is 39.4 Å². The highest BCUT2D eigenvalue weighted by atomic mass is 79.9. The number of benzene rings is 1. The molecule has 1 unspecified atom stereocenters.